The molecule has 6 nitrogen and oxygen atoms in total. The van der Waals surface area contributed by atoms with Crippen molar-refractivity contribution in [2.75, 3.05) is 23.0 Å². The second-order valence-corrected chi connectivity index (χ2v) is 10.7. The molecule has 2 aromatic carbocycles. The molecular formula is C21H22N2O4S2. The highest BCUT2D eigenvalue weighted by Crippen LogP contribution is 2.43. The number of aryl methyl sites for hydroxylation is 2. The van der Waals surface area contributed by atoms with E-state index in [0.29, 0.717) is 10.9 Å². The standard InChI is InChI=1S/C21H22N2O4S2/c1-14-7-6-8-15(2)20(14)23-17-12-29(25,26)13-18(17)28-21(23)22-19(24)11-27-16-9-4-3-5-10-16/h3-10,17-18H,11-13H2,1-2H3/t17-,18-/m0/s1. The smallest absolute Gasteiger partial charge is 0.285 e. The third-order valence-corrected chi connectivity index (χ3v) is 8.28. The van der Waals surface area contributed by atoms with Crippen molar-refractivity contribution in [3.8, 4) is 5.75 Å². The fraction of sp³-hybridized carbons (Fsp3) is 0.333. The number of hydrogen-bond acceptors (Lipinski definition) is 5. The van der Waals surface area contributed by atoms with Crippen LogP contribution in [0.1, 0.15) is 11.1 Å². The lowest BCUT2D eigenvalue weighted by molar-refractivity contribution is -0.119. The molecule has 2 atom stereocenters. The minimum atomic E-state index is -3.10. The zero-order valence-electron chi connectivity index (χ0n) is 16.2. The Kier molecular flexibility index (Phi) is 5.40. The number of amides is 1. The molecule has 0 unspecified atom stereocenters. The Morgan fingerprint density at radius 2 is 1.79 bits per heavy atom. The zero-order chi connectivity index (χ0) is 20.6. The Morgan fingerprint density at radius 3 is 2.48 bits per heavy atom. The van der Waals surface area contributed by atoms with E-state index in [1.807, 2.05) is 55.1 Å². The molecule has 152 valence electrons. The van der Waals surface area contributed by atoms with Gasteiger partial charge in [0.15, 0.2) is 21.6 Å². The van der Waals surface area contributed by atoms with Gasteiger partial charge in [0.1, 0.15) is 5.75 Å². The third kappa shape index (κ3) is 4.18. The number of nitrogens with zero attached hydrogens (tertiary/aromatic N) is 2. The summed E-state index contributed by atoms with van der Waals surface area (Å²) in [5.74, 6) is 0.397. The average Bonchev–Trinajstić information content (AvgIpc) is 3.13. The lowest BCUT2D eigenvalue weighted by Gasteiger charge is -2.27. The van der Waals surface area contributed by atoms with Gasteiger partial charge in [0.2, 0.25) is 0 Å². The molecule has 2 aliphatic heterocycles. The molecule has 29 heavy (non-hydrogen) atoms. The van der Waals surface area contributed by atoms with E-state index in [1.165, 1.54) is 11.8 Å². The van der Waals surface area contributed by atoms with Gasteiger partial charge in [-0.05, 0) is 37.1 Å². The highest BCUT2D eigenvalue weighted by molar-refractivity contribution is 8.16. The number of hydrogen-bond donors (Lipinski definition) is 0. The Balaban J connectivity index is 1.63. The van der Waals surface area contributed by atoms with Crippen molar-refractivity contribution >= 4 is 38.4 Å². The number of carbonyl (C=O) groups is 1. The number of fused-ring (bicyclic) bond motifs is 1. The van der Waals surface area contributed by atoms with E-state index in [-0.39, 0.29) is 29.4 Å². The van der Waals surface area contributed by atoms with Gasteiger partial charge in [-0.25, -0.2) is 8.42 Å². The molecule has 0 radical (unpaired) electrons. The van der Waals surface area contributed by atoms with Gasteiger partial charge in [0, 0.05) is 10.9 Å². The topological polar surface area (TPSA) is 76.0 Å². The van der Waals surface area contributed by atoms with Crippen LogP contribution in [0.25, 0.3) is 0 Å². The fourth-order valence-electron chi connectivity index (χ4n) is 3.81. The number of thioether (sulfide) groups is 1. The van der Waals surface area contributed by atoms with Gasteiger partial charge < -0.3 is 9.64 Å². The molecule has 8 heteroatoms. The maximum atomic E-state index is 12.5. The van der Waals surface area contributed by atoms with Crippen molar-refractivity contribution in [1.82, 2.24) is 0 Å². The molecular weight excluding hydrogens is 408 g/mol. The molecule has 0 saturated carbocycles. The Hall–Kier alpha value is -2.32. The SMILES string of the molecule is Cc1cccc(C)c1N1C(=NC(=O)COc2ccccc2)S[C@H]2CS(=O)(=O)C[C@@H]21. The summed E-state index contributed by atoms with van der Waals surface area (Å²) in [5.41, 5.74) is 2.98. The summed E-state index contributed by atoms with van der Waals surface area (Å²) >= 11 is 1.37. The number of carbonyl (C=O) groups excluding carboxylic acids is 1. The second-order valence-electron chi connectivity index (χ2n) is 7.30. The number of benzene rings is 2. The van der Waals surface area contributed by atoms with Crippen molar-refractivity contribution in [3.05, 3.63) is 59.7 Å². The number of rotatable bonds is 4. The van der Waals surface area contributed by atoms with Gasteiger partial charge in [-0.2, -0.15) is 4.99 Å². The molecule has 2 aromatic rings. The molecule has 2 heterocycles. The van der Waals surface area contributed by atoms with Crippen LogP contribution in [0, 0.1) is 13.8 Å². The number of para-hydroxylation sites is 2. The predicted molar refractivity (Wildman–Crippen MR) is 117 cm³/mol. The maximum Gasteiger partial charge on any atom is 0.285 e. The number of amidine groups is 1. The second kappa shape index (κ2) is 7.84. The van der Waals surface area contributed by atoms with Gasteiger partial charge in [0.25, 0.3) is 5.91 Å². The monoisotopic (exact) mass is 430 g/mol. The summed E-state index contributed by atoms with van der Waals surface area (Å²) in [6, 6.07) is 14.8. The highest BCUT2D eigenvalue weighted by atomic mass is 32.2. The molecule has 1 amide bonds. The van der Waals surface area contributed by atoms with Gasteiger partial charge in [-0.1, -0.05) is 48.2 Å². The van der Waals surface area contributed by atoms with E-state index in [2.05, 4.69) is 4.99 Å². The van der Waals surface area contributed by atoms with E-state index in [4.69, 9.17) is 4.74 Å². The van der Waals surface area contributed by atoms with Crippen molar-refractivity contribution in [3.63, 3.8) is 0 Å². The van der Waals surface area contributed by atoms with Crippen LogP contribution in [0.15, 0.2) is 53.5 Å². The first-order chi connectivity index (χ1) is 13.8. The third-order valence-electron chi connectivity index (χ3n) is 5.07. The molecule has 0 N–H and O–H groups in total. The van der Waals surface area contributed by atoms with Gasteiger partial charge >= 0.3 is 0 Å². The Morgan fingerprint density at radius 1 is 1.10 bits per heavy atom. The molecule has 0 aliphatic carbocycles. The minimum Gasteiger partial charge on any atom is -0.484 e. The quantitative estimate of drug-likeness (QED) is 0.742. The van der Waals surface area contributed by atoms with Crippen LogP contribution in [0.5, 0.6) is 5.75 Å². The fourth-order valence-corrected chi connectivity index (χ4v) is 7.73. The Labute approximate surface area is 174 Å². The molecule has 4 rings (SSSR count). The number of aliphatic imine (C=N–C) groups is 1. The normalized spacial score (nSPS) is 23.9. The molecule has 0 aromatic heterocycles. The first-order valence-corrected chi connectivity index (χ1v) is 12.1. The number of ether oxygens (including phenoxy) is 1. The van der Waals surface area contributed by atoms with Crippen molar-refractivity contribution in [2.24, 2.45) is 4.99 Å². The summed E-state index contributed by atoms with van der Waals surface area (Å²) in [7, 11) is -3.10. The van der Waals surface area contributed by atoms with E-state index in [1.54, 1.807) is 12.1 Å². The van der Waals surface area contributed by atoms with Crippen molar-refractivity contribution in [2.45, 2.75) is 25.1 Å². The van der Waals surface area contributed by atoms with Crippen LogP contribution in [-0.2, 0) is 14.6 Å². The number of sulfone groups is 1. The summed E-state index contributed by atoms with van der Waals surface area (Å²) in [6.07, 6.45) is 0. The molecule has 2 aliphatic rings. The maximum absolute atomic E-state index is 12.5. The van der Waals surface area contributed by atoms with E-state index < -0.39 is 15.7 Å². The van der Waals surface area contributed by atoms with Crippen molar-refractivity contribution < 1.29 is 17.9 Å². The molecule has 2 saturated heterocycles. The van der Waals surface area contributed by atoms with Crippen LogP contribution in [0.4, 0.5) is 5.69 Å². The minimum absolute atomic E-state index is 0.0756. The summed E-state index contributed by atoms with van der Waals surface area (Å²) in [6.45, 7) is 3.81. The highest BCUT2D eigenvalue weighted by Gasteiger charge is 2.49. The molecule has 0 spiro atoms. The average molecular weight is 431 g/mol. The van der Waals surface area contributed by atoms with E-state index in [0.717, 1.165) is 16.8 Å². The van der Waals surface area contributed by atoms with E-state index in [9.17, 15) is 13.2 Å². The van der Waals surface area contributed by atoms with Crippen LogP contribution in [-0.4, -0.2) is 48.9 Å². The molecule has 2 fully saturated rings. The Bertz CT molecular complexity index is 1050. The predicted octanol–water partition coefficient (Wildman–Crippen LogP) is 2.98. The van der Waals surface area contributed by atoms with Crippen LogP contribution in [0.2, 0.25) is 0 Å². The lowest BCUT2D eigenvalue weighted by atomic mass is 10.1. The first kappa shape index (κ1) is 20.0. The molecule has 0 bridgehead atoms. The van der Waals surface area contributed by atoms with Crippen LogP contribution >= 0.6 is 11.8 Å². The largest absolute Gasteiger partial charge is 0.484 e. The van der Waals surface area contributed by atoms with E-state index >= 15 is 0 Å². The van der Waals surface area contributed by atoms with Gasteiger partial charge in [-0.15, -0.1) is 0 Å². The zero-order valence-corrected chi connectivity index (χ0v) is 17.9. The number of anilines is 1. The summed E-state index contributed by atoms with van der Waals surface area (Å²) in [5, 5.41) is 0.426. The van der Waals surface area contributed by atoms with Gasteiger partial charge in [0.05, 0.1) is 17.5 Å². The van der Waals surface area contributed by atoms with Crippen LogP contribution < -0.4 is 9.64 Å². The lowest BCUT2D eigenvalue weighted by Crippen LogP contribution is -2.38. The summed E-state index contributed by atoms with van der Waals surface area (Å²) in [4.78, 5) is 18.8. The van der Waals surface area contributed by atoms with Crippen LogP contribution in [0.3, 0.4) is 0 Å². The first-order valence-electron chi connectivity index (χ1n) is 9.36. The van der Waals surface area contributed by atoms with Crippen molar-refractivity contribution in [1.29, 1.82) is 0 Å². The van der Waals surface area contributed by atoms with Gasteiger partial charge in [-0.3, -0.25) is 4.79 Å². The summed E-state index contributed by atoms with van der Waals surface area (Å²) < 4.78 is 29.9.